The fourth-order valence-corrected chi connectivity index (χ4v) is 2.60. The topological polar surface area (TPSA) is 55.2 Å². The second-order valence-electron chi connectivity index (χ2n) is 4.87. The van der Waals surface area contributed by atoms with Gasteiger partial charge in [-0.3, -0.25) is 10.1 Å². The van der Waals surface area contributed by atoms with E-state index in [9.17, 15) is 14.5 Å². The van der Waals surface area contributed by atoms with Crippen LogP contribution in [0.2, 0.25) is 5.02 Å². The third-order valence-electron chi connectivity index (χ3n) is 3.45. The Balaban J connectivity index is 2.22. The summed E-state index contributed by atoms with van der Waals surface area (Å²) in [4.78, 5) is 10.4. The highest BCUT2D eigenvalue weighted by atomic mass is 35.5. The summed E-state index contributed by atoms with van der Waals surface area (Å²) in [6, 6.07) is 2.35. The van der Waals surface area contributed by atoms with Gasteiger partial charge in [0, 0.05) is 18.2 Å². The Hall–Kier alpha value is -1.36. The fraction of sp³-hybridized carbons (Fsp3) is 0.538. The van der Waals surface area contributed by atoms with Crippen LogP contribution in [0.3, 0.4) is 0 Å². The Morgan fingerprint density at radius 1 is 1.26 bits per heavy atom. The van der Waals surface area contributed by atoms with Gasteiger partial charge >= 0.3 is 0 Å². The SMILES string of the molecule is O=[N+]([O-])c1cc(Cl)c(F)cc1NC1CCCCCC1. The number of anilines is 1. The van der Waals surface area contributed by atoms with E-state index in [1.165, 1.54) is 12.8 Å². The number of nitro benzene ring substituents is 1. The quantitative estimate of drug-likeness (QED) is 0.505. The maximum Gasteiger partial charge on any atom is 0.294 e. The van der Waals surface area contributed by atoms with Crippen LogP contribution in [0, 0.1) is 15.9 Å². The summed E-state index contributed by atoms with van der Waals surface area (Å²) in [7, 11) is 0. The third kappa shape index (κ3) is 3.56. The molecule has 0 heterocycles. The monoisotopic (exact) mass is 286 g/mol. The minimum absolute atomic E-state index is 0.168. The van der Waals surface area contributed by atoms with Crippen LogP contribution < -0.4 is 5.32 Å². The largest absolute Gasteiger partial charge is 0.377 e. The van der Waals surface area contributed by atoms with E-state index in [2.05, 4.69) is 5.32 Å². The normalized spacial score (nSPS) is 16.9. The van der Waals surface area contributed by atoms with E-state index >= 15 is 0 Å². The van der Waals surface area contributed by atoms with Gasteiger partial charge in [-0.05, 0) is 12.8 Å². The van der Waals surface area contributed by atoms with Gasteiger partial charge in [-0.2, -0.15) is 0 Å². The van der Waals surface area contributed by atoms with Crippen molar-refractivity contribution in [2.75, 3.05) is 5.32 Å². The molecule has 0 atom stereocenters. The van der Waals surface area contributed by atoms with Crippen LogP contribution in [0.25, 0.3) is 0 Å². The minimum Gasteiger partial charge on any atom is -0.377 e. The zero-order chi connectivity index (χ0) is 13.8. The van der Waals surface area contributed by atoms with Gasteiger partial charge in [-0.25, -0.2) is 4.39 Å². The van der Waals surface area contributed by atoms with E-state index in [4.69, 9.17) is 11.6 Å². The van der Waals surface area contributed by atoms with Crippen LogP contribution >= 0.6 is 11.6 Å². The Bertz CT molecular complexity index is 474. The van der Waals surface area contributed by atoms with E-state index in [-0.39, 0.29) is 22.4 Å². The van der Waals surface area contributed by atoms with E-state index in [0.717, 1.165) is 37.8 Å². The molecule has 1 saturated carbocycles. The highest BCUT2D eigenvalue weighted by Gasteiger charge is 2.21. The molecule has 6 heteroatoms. The molecule has 104 valence electrons. The zero-order valence-electron chi connectivity index (χ0n) is 10.5. The van der Waals surface area contributed by atoms with Crippen LogP contribution in [-0.2, 0) is 0 Å². The van der Waals surface area contributed by atoms with Crippen molar-refractivity contribution in [2.45, 2.75) is 44.6 Å². The summed E-state index contributed by atoms with van der Waals surface area (Å²) >= 11 is 5.59. The maximum atomic E-state index is 13.5. The number of nitrogens with zero attached hydrogens (tertiary/aromatic N) is 1. The van der Waals surface area contributed by atoms with E-state index < -0.39 is 10.7 Å². The molecule has 0 aromatic heterocycles. The van der Waals surface area contributed by atoms with Crippen molar-refractivity contribution in [2.24, 2.45) is 0 Å². The smallest absolute Gasteiger partial charge is 0.294 e. The molecule has 1 aromatic carbocycles. The number of rotatable bonds is 3. The highest BCUT2D eigenvalue weighted by Crippen LogP contribution is 2.32. The molecule has 2 rings (SSSR count). The molecule has 0 amide bonds. The lowest BCUT2D eigenvalue weighted by atomic mass is 10.1. The molecular weight excluding hydrogens is 271 g/mol. The number of benzene rings is 1. The van der Waals surface area contributed by atoms with Gasteiger partial charge in [0.25, 0.3) is 5.69 Å². The first-order valence-corrected chi connectivity index (χ1v) is 6.85. The summed E-state index contributed by atoms with van der Waals surface area (Å²) < 4.78 is 13.5. The molecule has 1 aliphatic rings. The molecule has 0 aliphatic heterocycles. The lowest BCUT2D eigenvalue weighted by Gasteiger charge is -2.17. The van der Waals surface area contributed by atoms with Crippen LogP contribution in [0.15, 0.2) is 12.1 Å². The standard InChI is InChI=1S/C13H16ClFN2O2/c14-10-7-13(17(18)19)12(8-11(10)15)16-9-5-3-1-2-4-6-9/h7-9,16H,1-6H2. The lowest BCUT2D eigenvalue weighted by Crippen LogP contribution is -2.19. The van der Waals surface area contributed by atoms with Crippen LogP contribution in [0.1, 0.15) is 38.5 Å². The van der Waals surface area contributed by atoms with Crippen molar-refractivity contribution >= 4 is 23.0 Å². The molecule has 0 saturated heterocycles. The predicted octanol–water partition coefficient (Wildman–Crippen LogP) is 4.52. The van der Waals surface area contributed by atoms with Gasteiger partial charge in [0.1, 0.15) is 11.5 Å². The molecular formula is C13H16ClFN2O2. The Kier molecular flexibility index (Phi) is 4.58. The molecule has 1 N–H and O–H groups in total. The molecule has 0 radical (unpaired) electrons. The van der Waals surface area contributed by atoms with Crippen LogP contribution in [0.5, 0.6) is 0 Å². The molecule has 1 aliphatic carbocycles. The van der Waals surface area contributed by atoms with Gasteiger partial charge < -0.3 is 5.32 Å². The van der Waals surface area contributed by atoms with Crippen LogP contribution in [0.4, 0.5) is 15.8 Å². The molecule has 0 bridgehead atoms. The number of halogens is 2. The second-order valence-corrected chi connectivity index (χ2v) is 5.28. The summed E-state index contributed by atoms with van der Waals surface area (Å²) in [6.45, 7) is 0. The van der Waals surface area contributed by atoms with E-state index in [1.807, 2.05) is 0 Å². The average Bonchev–Trinajstić information content (AvgIpc) is 2.62. The predicted molar refractivity (Wildman–Crippen MR) is 73.2 cm³/mol. The number of nitrogens with one attached hydrogen (secondary N) is 1. The van der Waals surface area contributed by atoms with Crippen molar-refractivity contribution in [1.82, 2.24) is 0 Å². The van der Waals surface area contributed by atoms with Gasteiger partial charge in [0.05, 0.1) is 9.95 Å². The van der Waals surface area contributed by atoms with Gasteiger partial charge in [-0.15, -0.1) is 0 Å². The number of nitro groups is 1. The number of hydrogen-bond acceptors (Lipinski definition) is 3. The Morgan fingerprint density at radius 3 is 2.47 bits per heavy atom. The van der Waals surface area contributed by atoms with Crippen molar-refractivity contribution in [3.05, 3.63) is 33.1 Å². The Labute approximate surface area is 116 Å². The summed E-state index contributed by atoms with van der Waals surface area (Å²) in [5.41, 5.74) is 0.0504. The molecule has 4 nitrogen and oxygen atoms in total. The summed E-state index contributed by atoms with van der Waals surface area (Å²) in [6.07, 6.45) is 6.50. The minimum atomic E-state index is -0.636. The second kappa shape index (κ2) is 6.19. The maximum absolute atomic E-state index is 13.5. The molecule has 1 fully saturated rings. The fourth-order valence-electron chi connectivity index (χ4n) is 2.45. The third-order valence-corrected chi connectivity index (χ3v) is 3.74. The van der Waals surface area contributed by atoms with Gasteiger partial charge in [0.15, 0.2) is 0 Å². The molecule has 1 aromatic rings. The van der Waals surface area contributed by atoms with Crippen molar-refractivity contribution in [1.29, 1.82) is 0 Å². The van der Waals surface area contributed by atoms with Gasteiger partial charge in [0.2, 0.25) is 0 Å². The average molecular weight is 287 g/mol. The van der Waals surface area contributed by atoms with Crippen molar-refractivity contribution < 1.29 is 9.31 Å². The summed E-state index contributed by atoms with van der Waals surface area (Å²) in [5, 5.41) is 13.9. The van der Waals surface area contributed by atoms with E-state index in [0.29, 0.717) is 0 Å². The van der Waals surface area contributed by atoms with Gasteiger partial charge in [-0.1, -0.05) is 37.3 Å². The number of hydrogen-bond donors (Lipinski definition) is 1. The van der Waals surface area contributed by atoms with Crippen molar-refractivity contribution in [3.8, 4) is 0 Å². The van der Waals surface area contributed by atoms with Crippen molar-refractivity contribution in [3.63, 3.8) is 0 Å². The molecule has 19 heavy (non-hydrogen) atoms. The van der Waals surface area contributed by atoms with E-state index in [1.54, 1.807) is 0 Å². The molecule has 0 unspecified atom stereocenters. The zero-order valence-corrected chi connectivity index (χ0v) is 11.3. The summed E-state index contributed by atoms with van der Waals surface area (Å²) in [5.74, 6) is -0.636. The first-order valence-electron chi connectivity index (χ1n) is 6.48. The lowest BCUT2D eigenvalue weighted by molar-refractivity contribution is -0.384. The highest BCUT2D eigenvalue weighted by molar-refractivity contribution is 6.31. The van der Waals surface area contributed by atoms with Crippen LogP contribution in [-0.4, -0.2) is 11.0 Å². The molecule has 0 spiro atoms. The first-order chi connectivity index (χ1) is 9.08. The first kappa shape index (κ1) is 14.1. The Morgan fingerprint density at radius 2 is 1.89 bits per heavy atom.